The fourth-order valence-electron chi connectivity index (χ4n) is 3.89. The van der Waals surface area contributed by atoms with E-state index in [9.17, 15) is 4.79 Å². The van der Waals surface area contributed by atoms with Crippen molar-refractivity contribution in [2.24, 2.45) is 0 Å². The minimum atomic E-state index is -0.394. The molecule has 3 aromatic rings. The van der Waals surface area contributed by atoms with E-state index in [2.05, 4.69) is 43.0 Å². The van der Waals surface area contributed by atoms with E-state index < -0.39 is 5.97 Å². The first-order valence-electron chi connectivity index (χ1n) is 8.56. The van der Waals surface area contributed by atoms with E-state index in [1.807, 2.05) is 12.1 Å². The quantitative estimate of drug-likeness (QED) is 0.266. The number of carbonyl (C=O) groups excluding carboxylic acids is 1. The first kappa shape index (κ1) is 14.9. The molecule has 0 spiro atoms. The van der Waals surface area contributed by atoms with E-state index in [0.717, 1.165) is 34.9 Å². The third-order valence-electron chi connectivity index (χ3n) is 5.07. The molecule has 0 saturated heterocycles. The van der Waals surface area contributed by atoms with Crippen LogP contribution in [-0.2, 0) is 4.79 Å². The van der Waals surface area contributed by atoms with Crippen molar-refractivity contribution >= 4 is 27.5 Å². The molecular weight excluding hydrogens is 296 g/mol. The molecule has 1 saturated carbocycles. The van der Waals surface area contributed by atoms with Gasteiger partial charge in [-0.2, -0.15) is 0 Å². The lowest BCUT2D eigenvalue weighted by molar-refractivity contribution is -0.128. The standard InChI is InChI=1S/C22H20O2/c1-2-21(23)24-22-18(15-7-3-4-8-15)13-14-19-17-10-6-5-9-16(17)11-12-20(19)22/h2,5-6,9-15H,1,3-4,7-8H2. The van der Waals surface area contributed by atoms with Gasteiger partial charge in [-0.05, 0) is 46.5 Å². The molecule has 1 fully saturated rings. The molecule has 1 aliphatic carbocycles. The van der Waals surface area contributed by atoms with Gasteiger partial charge in [0.05, 0.1) is 0 Å². The van der Waals surface area contributed by atoms with E-state index in [4.69, 9.17) is 4.74 Å². The molecule has 0 amide bonds. The lowest BCUT2D eigenvalue weighted by Crippen LogP contribution is -2.07. The number of esters is 1. The lowest BCUT2D eigenvalue weighted by Gasteiger charge is -2.18. The Balaban J connectivity index is 1.98. The molecule has 0 aliphatic heterocycles. The smallest absolute Gasteiger partial charge is 0.335 e. The fourth-order valence-corrected chi connectivity index (χ4v) is 3.89. The van der Waals surface area contributed by atoms with Crippen molar-refractivity contribution in [3.8, 4) is 5.75 Å². The van der Waals surface area contributed by atoms with E-state index in [0.29, 0.717) is 5.92 Å². The summed E-state index contributed by atoms with van der Waals surface area (Å²) in [6, 6.07) is 16.8. The van der Waals surface area contributed by atoms with E-state index in [1.165, 1.54) is 29.7 Å². The fraction of sp³-hybridized carbons (Fsp3) is 0.227. The SMILES string of the molecule is C=CC(=O)Oc1c(C2CCCC2)ccc2c1ccc1ccccc12. The molecule has 0 aromatic heterocycles. The van der Waals surface area contributed by atoms with Gasteiger partial charge in [0.25, 0.3) is 0 Å². The molecule has 0 unspecified atom stereocenters. The number of rotatable bonds is 3. The van der Waals surface area contributed by atoms with Gasteiger partial charge >= 0.3 is 5.97 Å². The second kappa shape index (κ2) is 6.12. The molecule has 2 nitrogen and oxygen atoms in total. The monoisotopic (exact) mass is 316 g/mol. The van der Waals surface area contributed by atoms with Crippen LogP contribution >= 0.6 is 0 Å². The molecule has 0 radical (unpaired) electrons. The number of fused-ring (bicyclic) bond motifs is 3. The van der Waals surface area contributed by atoms with Crippen LogP contribution in [0.4, 0.5) is 0 Å². The maximum atomic E-state index is 11.9. The van der Waals surface area contributed by atoms with Gasteiger partial charge < -0.3 is 4.74 Å². The number of hydrogen-bond donors (Lipinski definition) is 0. The zero-order valence-corrected chi connectivity index (χ0v) is 13.6. The van der Waals surface area contributed by atoms with Crippen molar-refractivity contribution in [1.82, 2.24) is 0 Å². The average molecular weight is 316 g/mol. The van der Waals surface area contributed by atoms with Crippen molar-refractivity contribution in [2.45, 2.75) is 31.6 Å². The Labute approximate surface area is 141 Å². The van der Waals surface area contributed by atoms with Crippen LogP contribution in [0.1, 0.15) is 37.2 Å². The molecular formula is C22H20O2. The number of ether oxygens (including phenoxy) is 1. The summed E-state index contributed by atoms with van der Waals surface area (Å²) in [5.74, 6) is 0.804. The first-order valence-corrected chi connectivity index (χ1v) is 8.56. The Morgan fingerprint density at radius 1 is 0.958 bits per heavy atom. The van der Waals surface area contributed by atoms with Crippen molar-refractivity contribution < 1.29 is 9.53 Å². The second-order valence-corrected chi connectivity index (χ2v) is 6.47. The van der Waals surface area contributed by atoms with Crippen LogP contribution in [0.15, 0.2) is 61.2 Å². The van der Waals surface area contributed by atoms with Gasteiger partial charge in [-0.3, -0.25) is 0 Å². The maximum absolute atomic E-state index is 11.9. The van der Waals surface area contributed by atoms with Crippen molar-refractivity contribution in [3.63, 3.8) is 0 Å². The van der Waals surface area contributed by atoms with Crippen molar-refractivity contribution in [2.75, 3.05) is 0 Å². The summed E-state index contributed by atoms with van der Waals surface area (Å²) in [5.41, 5.74) is 1.16. The minimum absolute atomic E-state index is 0.394. The van der Waals surface area contributed by atoms with Crippen LogP contribution in [0.2, 0.25) is 0 Å². The zero-order chi connectivity index (χ0) is 16.5. The van der Waals surface area contributed by atoms with Gasteiger partial charge in [0.2, 0.25) is 0 Å². The average Bonchev–Trinajstić information content (AvgIpc) is 3.16. The molecule has 0 atom stereocenters. The number of hydrogen-bond acceptors (Lipinski definition) is 2. The molecule has 2 heteroatoms. The number of benzene rings is 3. The Bertz CT molecular complexity index is 933. The van der Waals surface area contributed by atoms with Gasteiger partial charge in [-0.1, -0.05) is 61.9 Å². The highest BCUT2D eigenvalue weighted by Crippen LogP contribution is 2.43. The summed E-state index contributed by atoms with van der Waals surface area (Å²) in [7, 11) is 0. The minimum Gasteiger partial charge on any atom is -0.422 e. The first-order chi connectivity index (χ1) is 11.8. The summed E-state index contributed by atoms with van der Waals surface area (Å²) >= 11 is 0. The summed E-state index contributed by atoms with van der Waals surface area (Å²) < 4.78 is 5.71. The highest BCUT2D eigenvalue weighted by atomic mass is 16.5. The van der Waals surface area contributed by atoms with Crippen molar-refractivity contribution in [3.05, 3.63) is 66.7 Å². The van der Waals surface area contributed by atoms with E-state index >= 15 is 0 Å². The molecule has 120 valence electrons. The molecule has 4 rings (SSSR count). The maximum Gasteiger partial charge on any atom is 0.335 e. The molecule has 0 bridgehead atoms. The van der Waals surface area contributed by atoms with Crippen molar-refractivity contribution in [1.29, 1.82) is 0 Å². The molecule has 24 heavy (non-hydrogen) atoms. The van der Waals surface area contributed by atoms with Crippen LogP contribution in [0.3, 0.4) is 0 Å². The van der Waals surface area contributed by atoms with E-state index in [-0.39, 0.29) is 0 Å². The van der Waals surface area contributed by atoms with Crippen LogP contribution in [0.25, 0.3) is 21.5 Å². The topological polar surface area (TPSA) is 26.3 Å². The normalized spacial score (nSPS) is 15.0. The van der Waals surface area contributed by atoms with Gasteiger partial charge in [0.1, 0.15) is 5.75 Å². The van der Waals surface area contributed by atoms with Crippen LogP contribution in [0, 0.1) is 0 Å². The predicted octanol–water partition coefficient (Wildman–Crippen LogP) is 5.74. The lowest BCUT2D eigenvalue weighted by atomic mass is 9.92. The molecule has 0 N–H and O–H groups in total. The second-order valence-electron chi connectivity index (χ2n) is 6.47. The van der Waals surface area contributed by atoms with Gasteiger partial charge in [-0.25, -0.2) is 4.79 Å². The Kier molecular flexibility index (Phi) is 3.81. The Morgan fingerprint density at radius 3 is 2.50 bits per heavy atom. The number of carbonyl (C=O) groups is 1. The van der Waals surface area contributed by atoms with E-state index in [1.54, 1.807) is 0 Å². The summed E-state index contributed by atoms with van der Waals surface area (Å²) in [4.78, 5) is 11.9. The summed E-state index contributed by atoms with van der Waals surface area (Å²) in [5, 5.41) is 4.51. The largest absolute Gasteiger partial charge is 0.422 e. The molecule has 0 heterocycles. The Morgan fingerprint density at radius 2 is 1.71 bits per heavy atom. The summed E-state index contributed by atoms with van der Waals surface area (Å²) in [6.07, 6.45) is 6.05. The van der Waals surface area contributed by atoms with Gasteiger partial charge in [-0.15, -0.1) is 0 Å². The predicted molar refractivity (Wildman–Crippen MR) is 98.5 cm³/mol. The third kappa shape index (κ3) is 2.48. The van der Waals surface area contributed by atoms with Gasteiger partial charge in [0.15, 0.2) is 0 Å². The zero-order valence-electron chi connectivity index (χ0n) is 13.6. The van der Waals surface area contributed by atoms with Gasteiger partial charge in [0, 0.05) is 11.5 Å². The highest BCUT2D eigenvalue weighted by molar-refractivity contribution is 6.10. The van der Waals surface area contributed by atoms with Crippen LogP contribution in [-0.4, -0.2) is 5.97 Å². The highest BCUT2D eigenvalue weighted by Gasteiger charge is 2.23. The third-order valence-corrected chi connectivity index (χ3v) is 5.07. The molecule has 1 aliphatic rings. The van der Waals surface area contributed by atoms with Crippen LogP contribution in [0.5, 0.6) is 5.75 Å². The molecule has 3 aromatic carbocycles. The van der Waals surface area contributed by atoms with Crippen LogP contribution < -0.4 is 4.74 Å². The Hall–Kier alpha value is -2.61. The summed E-state index contributed by atoms with van der Waals surface area (Å²) in [6.45, 7) is 3.54.